The Morgan fingerprint density at radius 2 is 2.08 bits per heavy atom. The van der Waals surface area contributed by atoms with Crippen molar-refractivity contribution in [3.05, 3.63) is 47.2 Å². The predicted molar refractivity (Wildman–Crippen MR) is 97.8 cm³/mol. The number of nitrogens with zero attached hydrogens (tertiary/aromatic N) is 3. The molecular formula is C20H24FN3O2. The SMILES string of the molecule is Cc1nc(-c2cc(F)ccc2C(=O)O)cc([C@H]2CCCN(C(C)C)C2)n1. The molecule has 1 aliphatic heterocycles. The number of carboxylic acids is 1. The summed E-state index contributed by atoms with van der Waals surface area (Å²) in [6, 6.07) is 5.97. The van der Waals surface area contributed by atoms with Gasteiger partial charge in [0, 0.05) is 29.8 Å². The molecule has 1 N–H and O–H groups in total. The summed E-state index contributed by atoms with van der Waals surface area (Å²) in [5, 5.41) is 9.43. The van der Waals surface area contributed by atoms with Gasteiger partial charge in [-0.3, -0.25) is 0 Å². The van der Waals surface area contributed by atoms with E-state index in [-0.39, 0.29) is 11.5 Å². The minimum absolute atomic E-state index is 0.0444. The molecule has 1 atom stereocenters. The number of halogens is 1. The molecule has 0 amide bonds. The standard InChI is InChI=1S/C20H24FN3O2/c1-12(2)24-8-4-5-14(11-24)18-10-19(23-13(3)22-18)17-9-15(21)6-7-16(17)20(25)26/h6-7,9-10,12,14H,4-5,8,11H2,1-3H3,(H,25,26)/t14-/m0/s1. The van der Waals surface area contributed by atoms with Gasteiger partial charge >= 0.3 is 5.97 Å². The third-order valence-electron chi connectivity index (χ3n) is 4.95. The molecule has 1 saturated heterocycles. The molecule has 0 spiro atoms. The summed E-state index contributed by atoms with van der Waals surface area (Å²) in [7, 11) is 0. The van der Waals surface area contributed by atoms with Crippen LogP contribution < -0.4 is 0 Å². The van der Waals surface area contributed by atoms with Gasteiger partial charge in [-0.2, -0.15) is 0 Å². The van der Waals surface area contributed by atoms with Gasteiger partial charge in [-0.1, -0.05) is 0 Å². The first-order valence-corrected chi connectivity index (χ1v) is 8.98. The van der Waals surface area contributed by atoms with Gasteiger partial charge in [0.15, 0.2) is 0 Å². The molecule has 26 heavy (non-hydrogen) atoms. The molecule has 2 aromatic rings. The highest BCUT2D eigenvalue weighted by atomic mass is 19.1. The van der Waals surface area contributed by atoms with Crippen LogP contribution in [0.3, 0.4) is 0 Å². The molecule has 5 nitrogen and oxygen atoms in total. The van der Waals surface area contributed by atoms with E-state index in [2.05, 4.69) is 28.7 Å². The van der Waals surface area contributed by atoms with E-state index in [1.54, 1.807) is 6.92 Å². The summed E-state index contributed by atoms with van der Waals surface area (Å²) in [6.45, 7) is 8.16. The molecule has 1 aromatic carbocycles. The lowest BCUT2D eigenvalue weighted by Crippen LogP contribution is -2.39. The Morgan fingerprint density at radius 1 is 1.31 bits per heavy atom. The summed E-state index contributed by atoms with van der Waals surface area (Å²) in [5.41, 5.74) is 1.70. The molecule has 1 fully saturated rings. The van der Waals surface area contributed by atoms with Crippen molar-refractivity contribution in [2.45, 2.75) is 45.6 Å². The molecule has 3 rings (SSSR count). The highest BCUT2D eigenvalue weighted by Crippen LogP contribution is 2.30. The third-order valence-corrected chi connectivity index (χ3v) is 4.95. The Bertz CT molecular complexity index is 823. The molecule has 0 aliphatic carbocycles. The van der Waals surface area contributed by atoms with E-state index < -0.39 is 11.8 Å². The van der Waals surface area contributed by atoms with Crippen molar-refractivity contribution in [1.82, 2.24) is 14.9 Å². The van der Waals surface area contributed by atoms with E-state index in [0.29, 0.717) is 23.1 Å². The first-order chi connectivity index (χ1) is 12.3. The zero-order valence-corrected chi connectivity index (χ0v) is 15.4. The first kappa shape index (κ1) is 18.5. The molecular weight excluding hydrogens is 333 g/mol. The maximum absolute atomic E-state index is 13.7. The van der Waals surface area contributed by atoms with Crippen LogP contribution in [0.25, 0.3) is 11.3 Å². The summed E-state index contributed by atoms with van der Waals surface area (Å²) < 4.78 is 13.7. The lowest BCUT2D eigenvalue weighted by molar-refractivity contribution is 0.0697. The van der Waals surface area contributed by atoms with Crippen molar-refractivity contribution in [3.63, 3.8) is 0 Å². The number of carbonyl (C=O) groups is 1. The van der Waals surface area contributed by atoms with Gasteiger partial charge in [-0.25, -0.2) is 19.2 Å². The molecule has 0 bridgehead atoms. The maximum atomic E-state index is 13.7. The Balaban J connectivity index is 2.01. The van der Waals surface area contributed by atoms with Crippen molar-refractivity contribution >= 4 is 5.97 Å². The lowest BCUT2D eigenvalue weighted by Gasteiger charge is -2.35. The minimum atomic E-state index is -1.10. The fourth-order valence-electron chi connectivity index (χ4n) is 3.57. The molecule has 0 unspecified atom stereocenters. The number of aromatic carboxylic acids is 1. The normalized spacial score (nSPS) is 18.3. The number of piperidine rings is 1. The number of rotatable bonds is 4. The number of hydrogen-bond acceptors (Lipinski definition) is 4. The molecule has 2 heterocycles. The molecule has 138 valence electrons. The number of aromatic nitrogens is 2. The van der Waals surface area contributed by atoms with Crippen molar-refractivity contribution in [2.24, 2.45) is 0 Å². The smallest absolute Gasteiger partial charge is 0.336 e. The van der Waals surface area contributed by atoms with E-state index >= 15 is 0 Å². The first-order valence-electron chi connectivity index (χ1n) is 8.98. The fourth-order valence-corrected chi connectivity index (χ4v) is 3.57. The Kier molecular flexibility index (Phi) is 5.32. The van der Waals surface area contributed by atoms with Crippen LogP contribution in [0.15, 0.2) is 24.3 Å². The van der Waals surface area contributed by atoms with Crippen LogP contribution in [0.2, 0.25) is 0 Å². The highest BCUT2D eigenvalue weighted by molar-refractivity contribution is 5.95. The van der Waals surface area contributed by atoms with Crippen LogP contribution in [-0.2, 0) is 0 Å². The lowest BCUT2D eigenvalue weighted by atomic mass is 9.92. The number of carboxylic acid groups (broad SMARTS) is 1. The predicted octanol–water partition coefficient (Wildman–Crippen LogP) is 3.88. The molecule has 6 heteroatoms. The molecule has 1 aromatic heterocycles. The monoisotopic (exact) mass is 357 g/mol. The zero-order valence-electron chi connectivity index (χ0n) is 15.4. The highest BCUT2D eigenvalue weighted by Gasteiger charge is 2.25. The number of likely N-dealkylation sites (tertiary alicyclic amines) is 1. The number of aryl methyl sites for hydroxylation is 1. The molecule has 0 saturated carbocycles. The second kappa shape index (κ2) is 7.50. The maximum Gasteiger partial charge on any atom is 0.336 e. The van der Waals surface area contributed by atoms with Crippen molar-refractivity contribution in [3.8, 4) is 11.3 Å². The number of benzene rings is 1. The third kappa shape index (κ3) is 3.90. The van der Waals surface area contributed by atoms with Gasteiger partial charge in [0.1, 0.15) is 11.6 Å². The van der Waals surface area contributed by atoms with Gasteiger partial charge in [0.2, 0.25) is 0 Å². The van der Waals surface area contributed by atoms with E-state index in [1.165, 1.54) is 12.1 Å². The van der Waals surface area contributed by atoms with E-state index in [1.807, 2.05) is 6.07 Å². The summed E-state index contributed by atoms with van der Waals surface area (Å²) >= 11 is 0. The second-order valence-corrected chi connectivity index (χ2v) is 7.15. The van der Waals surface area contributed by atoms with Gasteiger partial charge < -0.3 is 10.0 Å². The molecule has 0 radical (unpaired) electrons. The van der Waals surface area contributed by atoms with E-state index in [9.17, 15) is 14.3 Å². The average Bonchev–Trinajstić information content (AvgIpc) is 2.61. The van der Waals surface area contributed by atoms with Crippen molar-refractivity contribution in [1.29, 1.82) is 0 Å². The van der Waals surface area contributed by atoms with E-state index in [4.69, 9.17) is 0 Å². The Morgan fingerprint density at radius 3 is 2.77 bits per heavy atom. The van der Waals surface area contributed by atoms with Crippen LogP contribution >= 0.6 is 0 Å². The summed E-state index contributed by atoms with van der Waals surface area (Å²) in [4.78, 5) is 22.9. The second-order valence-electron chi connectivity index (χ2n) is 7.15. The van der Waals surface area contributed by atoms with Gasteiger partial charge in [-0.15, -0.1) is 0 Å². The van der Waals surface area contributed by atoms with Gasteiger partial charge in [0.05, 0.1) is 11.3 Å². The minimum Gasteiger partial charge on any atom is -0.478 e. The van der Waals surface area contributed by atoms with Crippen LogP contribution in [0.1, 0.15) is 54.5 Å². The summed E-state index contributed by atoms with van der Waals surface area (Å²) in [5.74, 6) is -0.735. The Labute approximate surface area is 152 Å². The largest absolute Gasteiger partial charge is 0.478 e. The number of hydrogen-bond donors (Lipinski definition) is 1. The molecule has 1 aliphatic rings. The van der Waals surface area contributed by atoms with Gasteiger partial charge in [-0.05, 0) is 64.4 Å². The van der Waals surface area contributed by atoms with Gasteiger partial charge in [0.25, 0.3) is 0 Å². The topological polar surface area (TPSA) is 66.3 Å². The summed E-state index contributed by atoms with van der Waals surface area (Å²) in [6.07, 6.45) is 2.13. The zero-order chi connectivity index (χ0) is 18.8. The quantitative estimate of drug-likeness (QED) is 0.899. The van der Waals surface area contributed by atoms with Crippen LogP contribution in [0.4, 0.5) is 4.39 Å². The fraction of sp³-hybridized carbons (Fsp3) is 0.450. The van der Waals surface area contributed by atoms with Crippen LogP contribution in [0.5, 0.6) is 0 Å². The van der Waals surface area contributed by atoms with E-state index in [0.717, 1.165) is 37.7 Å². The Hall–Kier alpha value is -2.34. The van der Waals surface area contributed by atoms with Crippen molar-refractivity contribution in [2.75, 3.05) is 13.1 Å². The van der Waals surface area contributed by atoms with Crippen LogP contribution in [0, 0.1) is 12.7 Å². The average molecular weight is 357 g/mol. The van der Waals surface area contributed by atoms with Crippen LogP contribution in [-0.4, -0.2) is 45.1 Å². The van der Waals surface area contributed by atoms with Crippen molar-refractivity contribution < 1.29 is 14.3 Å².